The summed E-state index contributed by atoms with van der Waals surface area (Å²) in [6.07, 6.45) is 4.37. The van der Waals surface area contributed by atoms with Gasteiger partial charge in [0.05, 0.1) is 11.3 Å². The van der Waals surface area contributed by atoms with Crippen LogP contribution in [0.3, 0.4) is 0 Å². The maximum atomic E-state index is 12.8. The summed E-state index contributed by atoms with van der Waals surface area (Å²) >= 11 is 1.42. The van der Waals surface area contributed by atoms with E-state index in [-0.39, 0.29) is 18.4 Å². The Hall–Kier alpha value is -3.13. The van der Waals surface area contributed by atoms with Crippen molar-refractivity contribution in [1.82, 2.24) is 10.2 Å². The fourth-order valence-electron chi connectivity index (χ4n) is 3.63. The van der Waals surface area contributed by atoms with Gasteiger partial charge in [-0.05, 0) is 30.5 Å². The Morgan fingerprint density at radius 3 is 2.38 bits per heavy atom. The van der Waals surface area contributed by atoms with Gasteiger partial charge in [0, 0.05) is 18.8 Å². The minimum atomic E-state index is -0.340. The smallest absolute Gasteiger partial charge is 0.261 e. The van der Waals surface area contributed by atoms with Gasteiger partial charge >= 0.3 is 0 Å². The lowest BCUT2D eigenvalue weighted by molar-refractivity contribution is -0.133. The molecular weight excluding hydrogens is 424 g/mol. The van der Waals surface area contributed by atoms with E-state index < -0.39 is 0 Å². The number of hydrogen-bond acceptors (Lipinski definition) is 6. The first-order valence-electron chi connectivity index (χ1n) is 10.8. The van der Waals surface area contributed by atoms with Crippen molar-refractivity contribution >= 4 is 34.5 Å². The van der Waals surface area contributed by atoms with Gasteiger partial charge in [-0.25, -0.2) is 0 Å². The van der Waals surface area contributed by atoms with E-state index in [4.69, 9.17) is 4.74 Å². The predicted molar refractivity (Wildman–Crippen MR) is 127 cm³/mol. The van der Waals surface area contributed by atoms with Crippen LogP contribution < -0.4 is 10.1 Å². The number of para-hydroxylation sites is 1. The zero-order valence-electron chi connectivity index (χ0n) is 17.8. The molecule has 2 aromatic rings. The molecule has 1 N–H and O–H groups in total. The second-order valence-electron chi connectivity index (χ2n) is 7.64. The summed E-state index contributed by atoms with van der Waals surface area (Å²) in [6.45, 7) is 1.46. The minimum absolute atomic E-state index is 0.0444. The lowest BCUT2D eigenvalue weighted by atomic mass is 10.1. The van der Waals surface area contributed by atoms with Gasteiger partial charge in [-0.2, -0.15) is 5.10 Å². The van der Waals surface area contributed by atoms with Crippen molar-refractivity contribution < 1.29 is 14.3 Å². The molecule has 2 amide bonds. The quantitative estimate of drug-likeness (QED) is 0.753. The Kier molecular flexibility index (Phi) is 7.55. The first kappa shape index (κ1) is 22.1. The van der Waals surface area contributed by atoms with E-state index in [0.717, 1.165) is 50.0 Å². The van der Waals surface area contributed by atoms with E-state index in [1.807, 2.05) is 35.2 Å². The number of rotatable bonds is 5. The highest BCUT2D eigenvalue weighted by atomic mass is 32.2. The molecule has 7 nitrogen and oxygen atoms in total. The molecule has 1 fully saturated rings. The third-order valence-corrected chi connectivity index (χ3v) is 6.25. The van der Waals surface area contributed by atoms with E-state index >= 15 is 0 Å². The van der Waals surface area contributed by atoms with Crippen molar-refractivity contribution in [2.45, 2.75) is 25.7 Å². The standard InChI is InChI=1S/C24H26N4O3S/c29-22(28-14-8-1-2-9-15-28)16-31-21-13-7-6-12-19(21)23(30)25-24-27-26-20(17-32-24)18-10-4-3-5-11-18/h3-7,10-13H,1-2,8-9,14-17H2,(H,25,27,30). The highest BCUT2D eigenvalue weighted by molar-refractivity contribution is 8.14. The SMILES string of the molecule is O=C(NC1=NN=C(c2ccccc2)CS1)c1ccccc1OCC(=O)N1CCCCCC1. The Balaban J connectivity index is 1.38. The second kappa shape index (κ2) is 10.9. The van der Waals surface area contributed by atoms with E-state index in [1.165, 1.54) is 11.8 Å². The average molecular weight is 451 g/mol. The molecule has 2 aliphatic heterocycles. The van der Waals surface area contributed by atoms with E-state index in [2.05, 4.69) is 15.5 Å². The molecule has 0 atom stereocenters. The number of hydrogen-bond donors (Lipinski definition) is 1. The van der Waals surface area contributed by atoms with Crippen LogP contribution in [0.1, 0.15) is 41.6 Å². The molecule has 0 saturated carbocycles. The van der Waals surface area contributed by atoms with E-state index in [0.29, 0.717) is 22.2 Å². The Bertz CT molecular complexity index is 1010. The number of benzene rings is 2. The van der Waals surface area contributed by atoms with Crippen molar-refractivity contribution in [3.05, 3.63) is 65.7 Å². The number of amidine groups is 1. The highest BCUT2D eigenvalue weighted by Crippen LogP contribution is 2.20. The van der Waals surface area contributed by atoms with Crippen molar-refractivity contribution in [3.63, 3.8) is 0 Å². The highest BCUT2D eigenvalue weighted by Gasteiger charge is 2.20. The summed E-state index contributed by atoms with van der Waals surface area (Å²) in [7, 11) is 0. The van der Waals surface area contributed by atoms with Gasteiger partial charge in [0.1, 0.15) is 5.75 Å². The number of thioether (sulfide) groups is 1. The number of likely N-dealkylation sites (tertiary alicyclic amines) is 1. The van der Waals surface area contributed by atoms with Crippen LogP contribution in [-0.2, 0) is 4.79 Å². The third kappa shape index (κ3) is 5.76. The van der Waals surface area contributed by atoms with Crippen LogP contribution >= 0.6 is 11.8 Å². The summed E-state index contributed by atoms with van der Waals surface area (Å²) < 4.78 is 5.75. The lowest BCUT2D eigenvalue weighted by Gasteiger charge is -2.20. The van der Waals surface area contributed by atoms with Crippen LogP contribution in [0.15, 0.2) is 64.8 Å². The minimum Gasteiger partial charge on any atom is -0.483 e. The van der Waals surface area contributed by atoms with Crippen LogP contribution in [0.2, 0.25) is 0 Å². The molecule has 0 spiro atoms. The maximum Gasteiger partial charge on any atom is 0.261 e. The molecule has 0 aromatic heterocycles. The number of carbonyl (C=O) groups excluding carboxylic acids is 2. The zero-order valence-corrected chi connectivity index (χ0v) is 18.6. The summed E-state index contributed by atoms with van der Waals surface area (Å²) in [5.41, 5.74) is 2.24. The Labute approximate surface area is 191 Å². The van der Waals surface area contributed by atoms with Crippen LogP contribution in [0.25, 0.3) is 0 Å². The van der Waals surface area contributed by atoms with E-state index in [9.17, 15) is 9.59 Å². The summed E-state index contributed by atoms with van der Waals surface area (Å²) in [4.78, 5) is 27.2. The molecule has 2 aliphatic rings. The van der Waals surface area contributed by atoms with Crippen LogP contribution in [0, 0.1) is 0 Å². The molecule has 0 unspecified atom stereocenters. The average Bonchev–Trinajstić information content (AvgIpc) is 3.13. The zero-order chi connectivity index (χ0) is 22.2. The fraction of sp³-hybridized carbons (Fsp3) is 0.333. The van der Waals surface area contributed by atoms with Crippen molar-refractivity contribution in [2.24, 2.45) is 10.2 Å². The molecule has 32 heavy (non-hydrogen) atoms. The van der Waals surface area contributed by atoms with Crippen molar-refractivity contribution in [2.75, 3.05) is 25.4 Å². The van der Waals surface area contributed by atoms with Gasteiger partial charge < -0.3 is 9.64 Å². The molecule has 4 rings (SSSR count). The monoisotopic (exact) mass is 450 g/mol. The summed E-state index contributed by atoms with van der Waals surface area (Å²) in [5.74, 6) is 0.610. The van der Waals surface area contributed by atoms with Crippen LogP contribution in [0.4, 0.5) is 0 Å². The number of nitrogens with zero attached hydrogens (tertiary/aromatic N) is 3. The molecule has 8 heteroatoms. The molecule has 0 bridgehead atoms. The van der Waals surface area contributed by atoms with Crippen molar-refractivity contribution in [1.29, 1.82) is 0 Å². The Morgan fingerprint density at radius 1 is 0.938 bits per heavy atom. The van der Waals surface area contributed by atoms with Gasteiger partial charge in [-0.15, -0.1) is 5.10 Å². The molecule has 0 aliphatic carbocycles. The lowest BCUT2D eigenvalue weighted by Crippen LogP contribution is -2.36. The first-order chi connectivity index (χ1) is 15.7. The second-order valence-corrected chi connectivity index (χ2v) is 8.60. The number of nitrogens with one attached hydrogen (secondary N) is 1. The van der Waals surface area contributed by atoms with E-state index in [1.54, 1.807) is 24.3 Å². The number of ether oxygens (including phenoxy) is 1. The molecule has 1 saturated heterocycles. The fourth-order valence-corrected chi connectivity index (χ4v) is 4.39. The van der Waals surface area contributed by atoms with Gasteiger partial charge in [0.25, 0.3) is 11.8 Å². The van der Waals surface area contributed by atoms with Crippen molar-refractivity contribution in [3.8, 4) is 5.75 Å². The molecule has 166 valence electrons. The number of amides is 2. The van der Waals surface area contributed by atoms with Gasteiger partial charge in [-0.3, -0.25) is 14.9 Å². The number of carbonyl (C=O) groups is 2. The summed E-state index contributed by atoms with van der Waals surface area (Å²) in [5, 5.41) is 11.7. The normalized spacial score (nSPS) is 16.4. The van der Waals surface area contributed by atoms with Crippen LogP contribution in [-0.4, -0.2) is 53.0 Å². The molecule has 2 aromatic carbocycles. The predicted octanol–water partition coefficient (Wildman–Crippen LogP) is 3.70. The molecule has 0 radical (unpaired) electrons. The maximum absolute atomic E-state index is 12.8. The van der Waals surface area contributed by atoms with Crippen LogP contribution in [0.5, 0.6) is 5.75 Å². The Morgan fingerprint density at radius 2 is 1.66 bits per heavy atom. The van der Waals surface area contributed by atoms with Gasteiger partial charge in [0.15, 0.2) is 11.8 Å². The largest absolute Gasteiger partial charge is 0.483 e. The topological polar surface area (TPSA) is 83.4 Å². The third-order valence-electron chi connectivity index (χ3n) is 5.38. The molecular formula is C24H26N4O3S. The summed E-state index contributed by atoms with van der Waals surface area (Å²) in [6, 6.07) is 16.8. The van der Waals surface area contributed by atoms with Gasteiger partial charge in [-0.1, -0.05) is 67.1 Å². The first-order valence-corrected chi connectivity index (χ1v) is 11.8. The van der Waals surface area contributed by atoms with Gasteiger partial charge in [0.2, 0.25) is 0 Å². The molecule has 2 heterocycles.